The number of carbonyl (C=O) groups is 3. The smallest absolute Gasteiger partial charge is 0.408 e. The number of benzene rings is 1. The number of ether oxygens (including phenoxy) is 1. The molecule has 32 heavy (non-hydrogen) atoms. The molecule has 0 aliphatic carbocycles. The van der Waals surface area contributed by atoms with Crippen molar-refractivity contribution in [2.45, 2.75) is 64.4 Å². The summed E-state index contributed by atoms with van der Waals surface area (Å²) in [6, 6.07) is 7.96. The molecule has 2 amide bonds. The van der Waals surface area contributed by atoms with Crippen molar-refractivity contribution in [3.8, 4) is 0 Å². The van der Waals surface area contributed by atoms with Crippen LogP contribution in [0.1, 0.15) is 46.1 Å². The van der Waals surface area contributed by atoms with Crippen LogP contribution in [0.5, 0.6) is 0 Å². The molecule has 1 heterocycles. The summed E-state index contributed by atoms with van der Waals surface area (Å²) in [4.78, 5) is 48.8. The van der Waals surface area contributed by atoms with Crippen molar-refractivity contribution >= 4 is 25.3 Å². The summed E-state index contributed by atoms with van der Waals surface area (Å²) in [5.41, 5.74) is 0.0310. The molecular weight excluding hydrogens is 435 g/mol. The summed E-state index contributed by atoms with van der Waals surface area (Å²) in [5.74, 6) is -3.68. The number of rotatable bonds is 8. The molecule has 1 fully saturated rings. The zero-order valence-electron chi connectivity index (χ0n) is 19.0. The minimum absolute atomic E-state index is 0.123. The van der Waals surface area contributed by atoms with Gasteiger partial charge in [-0.3, -0.25) is 14.2 Å². The Bertz CT molecular complexity index is 869. The molecule has 2 rings (SSSR count). The van der Waals surface area contributed by atoms with Gasteiger partial charge in [-0.2, -0.15) is 0 Å². The second-order valence-electron chi connectivity index (χ2n) is 9.19. The highest BCUT2D eigenvalue weighted by Gasteiger charge is 2.44. The lowest BCUT2D eigenvalue weighted by molar-refractivity contribution is -0.141. The molecular formula is C22H33N2O7P. The van der Waals surface area contributed by atoms with E-state index in [0.29, 0.717) is 12.8 Å². The average molecular weight is 468 g/mol. The third kappa shape index (κ3) is 7.35. The van der Waals surface area contributed by atoms with Gasteiger partial charge in [-0.25, -0.2) is 4.79 Å². The molecule has 0 aromatic heterocycles. The number of carboxylic acid groups (broad SMARTS) is 1. The van der Waals surface area contributed by atoms with Gasteiger partial charge in [0.1, 0.15) is 17.4 Å². The molecule has 178 valence electrons. The molecule has 10 heteroatoms. The highest BCUT2D eigenvalue weighted by Crippen LogP contribution is 2.53. The number of aliphatic carboxylic acids is 1. The average Bonchev–Trinajstić information content (AvgIpc) is 3.16. The van der Waals surface area contributed by atoms with Gasteiger partial charge in [-0.15, -0.1) is 0 Å². The molecule has 0 bridgehead atoms. The number of hydrogen-bond donors (Lipinski definition) is 3. The third-order valence-electron chi connectivity index (χ3n) is 5.23. The molecule has 3 N–H and O–H groups in total. The van der Waals surface area contributed by atoms with Gasteiger partial charge in [0.15, 0.2) is 0 Å². The van der Waals surface area contributed by atoms with Crippen molar-refractivity contribution < 1.29 is 33.7 Å². The monoisotopic (exact) mass is 468 g/mol. The number of carboxylic acids is 1. The number of hydrogen-bond acceptors (Lipinski definition) is 5. The Balaban J connectivity index is 2.09. The minimum atomic E-state index is -4.02. The Morgan fingerprint density at radius 1 is 1.25 bits per heavy atom. The fourth-order valence-electron chi connectivity index (χ4n) is 3.79. The molecule has 1 aliphatic heterocycles. The first-order valence-electron chi connectivity index (χ1n) is 10.7. The van der Waals surface area contributed by atoms with Crippen molar-refractivity contribution in [3.63, 3.8) is 0 Å². The van der Waals surface area contributed by atoms with E-state index < -0.39 is 54.8 Å². The lowest BCUT2D eigenvalue weighted by Gasteiger charge is -2.32. The molecule has 1 saturated heterocycles. The summed E-state index contributed by atoms with van der Waals surface area (Å²) in [6.07, 6.45) is -0.236. The van der Waals surface area contributed by atoms with Gasteiger partial charge in [0.25, 0.3) is 0 Å². The minimum Gasteiger partial charge on any atom is -0.481 e. The molecule has 4 atom stereocenters. The number of alkyl carbamates (subject to hydrolysis) is 1. The van der Waals surface area contributed by atoms with E-state index in [4.69, 9.17) is 4.74 Å². The Kier molecular flexibility index (Phi) is 8.48. The lowest BCUT2D eigenvalue weighted by Crippen LogP contribution is -2.49. The van der Waals surface area contributed by atoms with E-state index in [0.717, 1.165) is 5.56 Å². The third-order valence-corrected chi connectivity index (χ3v) is 7.66. The summed E-state index contributed by atoms with van der Waals surface area (Å²) in [7, 11) is -4.02. The predicted octanol–water partition coefficient (Wildman–Crippen LogP) is 3.06. The Morgan fingerprint density at radius 3 is 2.44 bits per heavy atom. The number of carbonyl (C=O) groups excluding carboxylic acids is 2. The van der Waals surface area contributed by atoms with Crippen molar-refractivity contribution in [1.82, 2.24) is 10.2 Å². The van der Waals surface area contributed by atoms with Crippen LogP contribution in [-0.2, 0) is 25.3 Å². The highest BCUT2D eigenvalue weighted by molar-refractivity contribution is 7.58. The first-order chi connectivity index (χ1) is 14.8. The van der Waals surface area contributed by atoms with E-state index in [-0.39, 0.29) is 13.0 Å². The van der Waals surface area contributed by atoms with Gasteiger partial charge >= 0.3 is 12.1 Å². The van der Waals surface area contributed by atoms with Crippen molar-refractivity contribution in [1.29, 1.82) is 0 Å². The maximum atomic E-state index is 13.3. The van der Waals surface area contributed by atoms with Crippen LogP contribution in [0, 0.1) is 5.92 Å². The fraction of sp³-hybridized carbons (Fsp3) is 0.591. The zero-order valence-corrected chi connectivity index (χ0v) is 19.9. The summed E-state index contributed by atoms with van der Waals surface area (Å²) in [5, 5.41) is 12.1. The van der Waals surface area contributed by atoms with Gasteiger partial charge in [-0.05, 0) is 52.5 Å². The van der Waals surface area contributed by atoms with Crippen molar-refractivity contribution in [3.05, 3.63) is 35.9 Å². The highest BCUT2D eigenvalue weighted by atomic mass is 31.2. The van der Waals surface area contributed by atoms with E-state index in [9.17, 15) is 28.9 Å². The van der Waals surface area contributed by atoms with Gasteiger partial charge in [0.2, 0.25) is 13.3 Å². The topological polar surface area (TPSA) is 133 Å². The van der Waals surface area contributed by atoms with E-state index in [1.807, 2.05) is 6.07 Å². The first-order valence-corrected chi connectivity index (χ1v) is 12.6. The van der Waals surface area contributed by atoms with E-state index in [2.05, 4.69) is 5.32 Å². The molecule has 0 radical (unpaired) electrons. The molecule has 0 saturated carbocycles. The zero-order chi connectivity index (χ0) is 24.1. The second kappa shape index (κ2) is 10.5. The largest absolute Gasteiger partial charge is 0.481 e. The maximum absolute atomic E-state index is 13.3. The number of likely N-dealkylation sites (tertiary alicyclic amines) is 1. The van der Waals surface area contributed by atoms with Gasteiger partial charge in [0, 0.05) is 12.7 Å². The van der Waals surface area contributed by atoms with Crippen LogP contribution in [0.4, 0.5) is 4.79 Å². The summed E-state index contributed by atoms with van der Waals surface area (Å²) < 4.78 is 18.4. The van der Waals surface area contributed by atoms with Crippen molar-refractivity contribution in [2.75, 3.05) is 12.7 Å². The quantitative estimate of drug-likeness (QED) is 0.499. The molecule has 0 spiro atoms. The summed E-state index contributed by atoms with van der Waals surface area (Å²) in [6.45, 7) is 6.86. The van der Waals surface area contributed by atoms with Crippen molar-refractivity contribution in [2.24, 2.45) is 5.92 Å². The van der Waals surface area contributed by atoms with Gasteiger partial charge in [0.05, 0.1) is 5.92 Å². The second-order valence-corrected chi connectivity index (χ2v) is 11.7. The molecule has 1 aromatic rings. The van der Waals surface area contributed by atoms with E-state index in [1.165, 1.54) is 11.8 Å². The van der Waals surface area contributed by atoms with Gasteiger partial charge in [-0.1, -0.05) is 30.3 Å². The van der Waals surface area contributed by atoms with Gasteiger partial charge < -0.3 is 25.0 Å². The van der Waals surface area contributed by atoms with Crippen LogP contribution < -0.4 is 5.32 Å². The molecule has 1 unspecified atom stereocenters. The van der Waals surface area contributed by atoms with Crippen LogP contribution in [0.2, 0.25) is 0 Å². The van der Waals surface area contributed by atoms with E-state index >= 15 is 0 Å². The molecule has 9 nitrogen and oxygen atoms in total. The fourth-order valence-corrected chi connectivity index (χ4v) is 6.20. The molecule has 1 aliphatic rings. The normalized spacial score (nSPS) is 20.2. The lowest BCUT2D eigenvalue weighted by atomic mass is 10.0. The van der Waals surface area contributed by atoms with Crippen LogP contribution in [0.15, 0.2) is 30.3 Å². The summed E-state index contributed by atoms with van der Waals surface area (Å²) >= 11 is 0. The Labute approximate surface area is 188 Å². The standard InChI is InChI=1S/C22H33N2O7P/c1-15(23-21(28)31-22(2,3)4)19(25)24-12-8-11-18(24)32(29,30)14-17(20(26)27)13-16-9-6-5-7-10-16/h5-7,9-10,15,17-18H,8,11-14H2,1-4H3,(H,23,28)(H,26,27)(H,29,30)/t15-,17+,18-/m0/s1. The van der Waals surface area contributed by atoms with Crippen LogP contribution in [0.25, 0.3) is 0 Å². The number of nitrogens with zero attached hydrogens (tertiary/aromatic N) is 1. The Hall–Kier alpha value is -2.38. The van der Waals surface area contributed by atoms with E-state index in [1.54, 1.807) is 45.0 Å². The number of amides is 2. The Morgan fingerprint density at radius 2 is 1.88 bits per heavy atom. The SMILES string of the molecule is C[C@H](NC(=O)OC(C)(C)C)C(=O)N1CCC[C@@H]1P(=O)(O)C[C@@H](Cc1ccccc1)C(=O)O. The van der Waals surface area contributed by atoms with Crippen LogP contribution >= 0.6 is 7.37 Å². The molecule has 1 aromatic carbocycles. The number of nitrogens with one attached hydrogen (secondary N) is 1. The van der Waals surface area contributed by atoms with Crippen LogP contribution in [0.3, 0.4) is 0 Å². The predicted molar refractivity (Wildman–Crippen MR) is 120 cm³/mol. The first kappa shape index (κ1) is 25.9. The van der Waals surface area contributed by atoms with Crippen LogP contribution in [-0.4, -0.2) is 63.0 Å². The maximum Gasteiger partial charge on any atom is 0.408 e.